The fourth-order valence-corrected chi connectivity index (χ4v) is 9.33. The summed E-state index contributed by atoms with van der Waals surface area (Å²) in [6, 6.07) is 74.4. The fraction of sp³-hybridized carbons (Fsp3) is 0. The van der Waals surface area contributed by atoms with Crippen LogP contribution in [0.3, 0.4) is 0 Å². The molecule has 0 aliphatic carbocycles. The Kier molecular flexibility index (Phi) is 7.35. The van der Waals surface area contributed by atoms with Crippen LogP contribution in [0, 0.1) is 0 Å². The normalized spacial score (nSPS) is 11.8. The molecule has 0 radical (unpaired) electrons. The highest BCUT2D eigenvalue weighted by atomic mass is 16.1. The summed E-state index contributed by atoms with van der Waals surface area (Å²) in [6.45, 7) is 0. The zero-order valence-corrected chi connectivity index (χ0v) is 32.0. The van der Waals surface area contributed by atoms with Gasteiger partial charge in [0.1, 0.15) is 0 Å². The zero-order chi connectivity index (χ0) is 39.0. The lowest BCUT2D eigenvalue weighted by molar-refractivity contribution is 0.103. The van der Waals surface area contributed by atoms with E-state index < -0.39 is 0 Å². The second-order valence-corrected chi connectivity index (χ2v) is 15.3. The van der Waals surface area contributed by atoms with E-state index in [1.54, 1.807) is 0 Å². The molecule has 12 rings (SSSR count). The highest BCUT2D eigenvalue weighted by molar-refractivity contribution is 6.14. The number of carbonyl (C=O) groups is 1. The van der Waals surface area contributed by atoms with Crippen molar-refractivity contribution in [1.29, 1.82) is 0 Å². The largest absolute Gasteiger partial charge is 0.309 e. The van der Waals surface area contributed by atoms with Gasteiger partial charge in [-0.2, -0.15) is 0 Å². The maximum absolute atomic E-state index is 13.9. The maximum Gasteiger partial charge on any atom is 0.193 e. The fourth-order valence-electron chi connectivity index (χ4n) is 9.33. The van der Waals surface area contributed by atoms with Crippen molar-refractivity contribution in [1.82, 2.24) is 13.7 Å². The number of para-hydroxylation sites is 5. The minimum absolute atomic E-state index is 0.000968. The average Bonchev–Trinajstić information content (AvgIpc) is 3.94. The third-order valence-corrected chi connectivity index (χ3v) is 12.0. The van der Waals surface area contributed by atoms with Crippen molar-refractivity contribution in [2.45, 2.75) is 0 Å². The molecule has 0 spiro atoms. The third-order valence-electron chi connectivity index (χ3n) is 12.0. The van der Waals surface area contributed by atoms with Crippen LogP contribution in [0.5, 0.6) is 0 Å². The van der Waals surface area contributed by atoms with Crippen LogP contribution in [-0.4, -0.2) is 19.5 Å². The summed E-state index contributed by atoms with van der Waals surface area (Å²) in [4.78, 5) is 13.9. The van der Waals surface area contributed by atoms with Crippen LogP contribution in [0.1, 0.15) is 15.9 Å². The van der Waals surface area contributed by atoms with E-state index in [0.717, 1.165) is 39.1 Å². The maximum atomic E-state index is 13.9. The number of fused-ring (bicyclic) bond motifs is 9. The first-order valence-corrected chi connectivity index (χ1v) is 20.1. The molecular weight excluding hydrogens is 719 g/mol. The van der Waals surface area contributed by atoms with E-state index in [1.165, 1.54) is 54.5 Å². The summed E-state index contributed by atoms with van der Waals surface area (Å²) in [6.07, 6.45) is 0. The van der Waals surface area contributed by atoms with E-state index in [2.05, 4.69) is 190 Å². The van der Waals surface area contributed by atoms with Gasteiger partial charge in [0.05, 0.1) is 33.1 Å². The van der Waals surface area contributed by atoms with Crippen LogP contribution in [0.2, 0.25) is 0 Å². The lowest BCUT2D eigenvalue weighted by Gasteiger charge is -2.11. The van der Waals surface area contributed by atoms with Crippen LogP contribution in [0.15, 0.2) is 212 Å². The number of benzene rings is 9. The minimum Gasteiger partial charge on any atom is -0.309 e. The molecule has 4 nitrogen and oxygen atoms in total. The Hall–Kier alpha value is -7.95. The lowest BCUT2D eigenvalue weighted by atomic mass is 10.0. The molecule has 3 heterocycles. The summed E-state index contributed by atoms with van der Waals surface area (Å²) in [5, 5.41) is 7.28. The molecule has 4 heteroatoms. The van der Waals surface area contributed by atoms with E-state index in [4.69, 9.17) is 0 Å². The summed E-state index contributed by atoms with van der Waals surface area (Å²) >= 11 is 0. The van der Waals surface area contributed by atoms with E-state index >= 15 is 0 Å². The van der Waals surface area contributed by atoms with E-state index in [1.807, 2.05) is 36.4 Å². The minimum atomic E-state index is 0.000968. The van der Waals surface area contributed by atoms with Gasteiger partial charge in [0.15, 0.2) is 5.78 Å². The van der Waals surface area contributed by atoms with Gasteiger partial charge in [-0.25, -0.2) is 0 Å². The third kappa shape index (κ3) is 5.13. The first kappa shape index (κ1) is 33.2. The van der Waals surface area contributed by atoms with E-state index in [9.17, 15) is 4.79 Å². The molecule has 0 fully saturated rings. The van der Waals surface area contributed by atoms with Gasteiger partial charge in [-0.1, -0.05) is 103 Å². The second-order valence-electron chi connectivity index (χ2n) is 15.3. The number of aromatic nitrogens is 3. The molecule has 276 valence electrons. The molecule has 0 unspecified atom stereocenters. The summed E-state index contributed by atoms with van der Waals surface area (Å²) in [7, 11) is 0. The van der Waals surface area contributed by atoms with Crippen LogP contribution in [0.4, 0.5) is 0 Å². The lowest BCUT2D eigenvalue weighted by Crippen LogP contribution is -2.03. The highest BCUT2D eigenvalue weighted by Gasteiger charge is 2.18. The van der Waals surface area contributed by atoms with Gasteiger partial charge in [0.25, 0.3) is 0 Å². The number of carbonyl (C=O) groups excluding carboxylic acids is 1. The van der Waals surface area contributed by atoms with Gasteiger partial charge >= 0.3 is 0 Å². The Morgan fingerprint density at radius 1 is 0.271 bits per heavy atom. The monoisotopic (exact) mass is 753 g/mol. The predicted molar refractivity (Wildman–Crippen MR) is 245 cm³/mol. The number of rotatable bonds is 6. The van der Waals surface area contributed by atoms with Crippen LogP contribution < -0.4 is 0 Å². The number of nitrogens with zero attached hydrogens (tertiary/aromatic N) is 3. The molecule has 59 heavy (non-hydrogen) atoms. The van der Waals surface area contributed by atoms with Crippen LogP contribution in [0.25, 0.3) is 93.6 Å². The molecule has 0 saturated carbocycles. The van der Waals surface area contributed by atoms with Gasteiger partial charge < -0.3 is 13.7 Å². The quantitative estimate of drug-likeness (QED) is 0.156. The first-order valence-electron chi connectivity index (χ1n) is 20.1. The second kappa shape index (κ2) is 13.1. The molecule has 3 aromatic heterocycles. The molecule has 12 aromatic rings. The number of hydrogen-bond donors (Lipinski definition) is 0. The van der Waals surface area contributed by atoms with Gasteiger partial charge in [0, 0.05) is 60.5 Å². The summed E-state index contributed by atoms with van der Waals surface area (Å²) in [5.74, 6) is 0.000968. The molecule has 0 aliphatic heterocycles. The Labute approximate surface area is 340 Å². The van der Waals surface area contributed by atoms with Crippen molar-refractivity contribution in [3.63, 3.8) is 0 Å². The average molecular weight is 754 g/mol. The van der Waals surface area contributed by atoms with Crippen molar-refractivity contribution in [2.75, 3.05) is 0 Å². The van der Waals surface area contributed by atoms with Crippen LogP contribution >= 0.6 is 0 Å². The predicted octanol–water partition coefficient (Wildman–Crippen LogP) is 13.9. The van der Waals surface area contributed by atoms with Crippen molar-refractivity contribution < 1.29 is 4.79 Å². The number of hydrogen-bond acceptors (Lipinski definition) is 1. The molecule has 0 amide bonds. The summed E-state index contributed by atoms with van der Waals surface area (Å²) < 4.78 is 6.93. The van der Waals surface area contributed by atoms with E-state index in [-0.39, 0.29) is 5.78 Å². The van der Waals surface area contributed by atoms with Gasteiger partial charge in [-0.15, -0.1) is 0 Å². The van der Waals surface area contributed by atoms with Crippen molar-refractivity contribution in [2.24, 2.45) is 0 Å². The standard InChI is InChI=1S/C55H35N3O/c59-55(36-22-28-41(29-23-36)57-49-18-8-4-14-43(49)44-15-5-9-19-50(44)57)37-24-30-42(31-25-37)58-52-21-11-7-17-46(52)48-35-39(27-33-54(48)58)38-26-32-53-47(34-38)45-16-6-10-20-51(45)56(53)40-12-2-1-3-13-40/h1-35H. The molecule has 0 aliphatic rings. The Balaban J connectivity index is 0.889. The first-order chi connectivity index (χ1) is 29.2. The van der Waals surface area contributed by atoms with Gasteiger partial charge in [0.2, 0.25) is 0 Å². The molecule has 0 N–H and O–H groups in total. The topological polar surface area (TPSA) is 31.9 Å². The molecule has 0 bridgehead atoms. The van der Waals surface area contributed by atoms with Crippen molar-refractivity contribution in [3.8, 4) is 28.2 Å². The molecule has 0 atom stereocenters. The Morgan fingerprint density at radius 2 is 0.576 bits per heavy atom. The van der Waals surface area contributed by atoms with Gasteiger partial charge in [-0.3, -0.25) is 4.79 Å². The number of ketones is 1. The molecule has 0 saturated heterocycles. The van der Waals surface area contributed by atoms with Crippen LogP contribution in [-0.2, 0) is 0 Å². The van der Waals surface area contributed by atoms with Crippen molar-refractivity contribution in [3.05, 3.63) is 223 Å². The SMILES string of the molecule is O=C(c1ccc(-n2c3ccccc3c3ccccc32)cc1)c1ccc(-n2c3ccccc3c3cc(-c4ccc5c(c4)c4ccccc4n5-c4ccccc4)ccc32)cc1. The highest BCUT2D eigenvalue weighted by Crippen LogP contribution is 2.38. The Bertz CT molecular complexity index is 3550. The Morgan fingerprint density at radius 3 is 0.966 bits per heavy atom. The zero-order valence-electron chi connectivity index (χ0n) is 32.0. The molecule has 9 aromatic carbocycles. The smallest absolute Gasteiger partial charge is 0.193 e. The van der Waals surface area contributed by atoms with Crippen molar-refractivity contribution >= 4 is 71.2 Å². The van der Waals surface area contributed by atoms with Gasteiger partial charge in [-0.05, 0) is 120 Å². The van der Waals surface area contributed by atoms with E-state index in [0.29, 0.717) is 11.1 Å². The molecular formula is C55H35N3O. The summed E-state index contributed by atoms with van der Waals surface area (Å²) in [5.41, 5.74) is 13.8.